The Hall–Kier alpha value is -2.81. The van der Waals surface area contributed by atoms with E-state index in [-0.39, 0.29) is 0 Å². The molecular formula is C14H15N7OS. The van der Waals surface area contributed by atoms with Gasteiger partial charge in [-0.25, -0.2) is 4.79 Å². The van der Waals surface area contributed by atoms with Crippen molar-refractivity contribution in [3.05, 3.63) is 35.7 Å². The molecule has 23 heavy (non-hydrogen) atoms. The summed E-state index contributed by atoms with van der Waals surface area (Å²) in [6, 6.07) is 5.12. The summed E-state index contributed by atoms with van der Waals surface area (Å²) in [5, 5.41) is 21.3. The van der Waals surface area contributed by atoms with Gasteiger partial charge in [0.1, 0.15) is 5.69 Å². The number of anilines is 2. The van der Waals surface area contributed by atoms with Gasteiger partial charge in [0.15, 0.2) is 10.8 Å². The molecule has 0 aliphatic carbocycles. The molecule has 0 spiro atoms. The van der Waals surface area contributed by atoms with Crippen LogP contribution in [0.1, 0.15) is 18.2 Å². The Labute approximate surface area is 136 Å². The number of hydrogen-bond donors (Lipinski definition) is 3. The number of carbonyl (C=O) groups is 1. The number of rotatable bonds is 4. The molecule has 0 aliphatic rings. The smallest absolute Gasteiger partial charge is 0.290 e. The lowest BCUT2D eigenvalue weighted by atomic mass is 10.2. The van der Waals surface area contributed by atoms with Crippen LogP contribution >= 0.6 is 11.3 Å². The minimum Gasteiger partial charge on any atom is -0.290 e. The van der Waals surface area contributed by atoms with Crippen molar-refractivity contribution in [3.8, 4) is 10.7 Å². The van der Waals surface area contributed by atoms with Crippen LogP contribution in [0.4, 0.5) is 15.7 Å². The second-order valence-corrected chi connectivity index (χ2v) is 5.71. The maximum Gasteiger partial charge on any atom is 0.326 e. The largest absolute Gasteiger partial charge is 0.326 e. The molecule has 0 fully saturated rings. The van der Waals surface area contributed by atoms with Gasteiger partial charge in [0.2, 0.25) is 5.13 Å². The molecule has 9 heteroatoms. The molecule has 0 radical (unpaired) electrons. The van der Waals surface area contributed by atoms with E-state index in [9.17, 15) is 4.79 Å². The van der Waals surface area contributed by atoms with E-state index in [0.29, 0.717) is 21.7 Å². The lowest BCUT2D eigenvalue weighted by molar-refractivity contribution is 0.262. The van der Waals surface area contributed by atoms with Crippen molar-refractivity contribution in [1.29, 1.82) is 0 Å². The molecule has 118 valence electrons. The van der Waals surface area contributed by atoms with Crippen molar-refractivity contribution < 1.29 is 4.79 Å². The minimum atomic E-state index is -0.411. The highest BCUT2D eigenvalue weighted by molar-refractivity contribution is 7.18. The number of aryl methyl sites for hydroxylation is 1. The van der Waals surface area contributed by atoms with Gasteiger partial charge in [-0.15, -0.1) is 10.2 Å². The van der Waals surface area contributed by atoms with Gasteiger partial charge in [-0.1, -0.05) is 24.3 Å². The molecule has 0 saturated heterocycles. The first-order chi connectivity index (χ1) is 11.2. The van der Waals surface area contributed by atoms with Gasteiger partial charge in [-0.3, -0.25) is 20.7 Å². The zero-order valence-corrected chi connectivity index (χ0v) is 13.4. The molecule has 2 amide bonds. The topological polar surface area (TPSA) is 108 Å². The first kappa shape index (κ1) is 15.1. The predicted molar refractivity (Wildman–Crippen MR) is 88.5 cm³/mol. The third-order valence-corrected chi connectivity index (χ3v) is 4.09. The van der Waals surface area contributed by atoms with Gasteiger partial charge >= 0.3 is 6.03 Å². The summed E-state index contributed by atoms with van der Waals surface area (Å²) < 4.78 is 0. The van der Waals surface area contributed by atoms with Crippen LogP contribution < -0.4 is 10.6 Å². The molecule has 3 heterocycles. The van der Waals surface area contributed by atoms with E-state index < -0.39 is 6.03 Å². The van der Waals surface area contributed by atoms with E-state index in [2.05, 4.69) is 36.0 Å². The SMILES string of the molecule is CCc1[nH]nc(NC(=O)Nc2nnc(-c3ccccn3)s2)c1C. The maximum atomic E-state index is 12.0. The monoisotopic (exact) mass is 329 g/mol. The first-order valence-corrected chi connectivity index (χ1v) is 7.85. The fourth-order valence-electron chi connectivity index (χ4n) is 2.00. The molecule has 3 aromatic heterocycles. The fraction of sp³-hybridized carbons (Fsp3) is 0.214. The molecule has 0 bridgehead atoms. The molecular weight excluding hydrogens is 314 g/mol. The summed E-state index contributed by atoms with van der Waals surface area (Å²) in [5.74, 6) is 0.508. The third kappa shape index (κ3) is 3.34. The molecule has 8 nitrogen and oxygen atoms in total. The average molecular weight is 329 g/mol. The van der Waals surface area contributed by atoms with Gasteiger partial charge in [-0.2, -0.15) is 5.10 Å². The van der Waals surface area contributed by atoms with E-state index in [1.165, 1.54) is 11.3 Å². The molecule has 3 aromatic rings. The van der Waals surface area contributed by atoms with Crippen molar-refractivity contribution in [2.45, 2.75) is 20.3 Å². The van der Waals surface area contributed by atoms with Crippen LogP contribution in [0.25, 0.3) is 10.7 Å². The molecule has 0 saturated carbocycles. The van der Waals surface area contributed by atoms with Crippen LogP contribution in [0, 0.1) is 6.92 Å². The van der Waals surface area contributed by atoms with Gasteiger partial charge in [0.05, 0.1) is 0 Å². The molecule has 0 aliphatic heterocycles. The minimum absolute atomic E-state index is 0.395. The Kier molecular flexibility index (Phi) is 4.29. The highest BCUT2D eigenvalue weighted by Gasteiger charge is 2.13. The van der Waals surface area contributed by atoms with Crippen LogP contribution in [0.5, 0.6) is 0 Å². The average Bonchev–Trinajstić information content (AvgIpc) is 3.16. The van der Waals surface area contributed by atoms with Crippen molar-refractivity contribution in [3.63, 3.8) is 0 Å². The number of nitrogens with zero attached hydrogens (tertiary/aromatic N) is 4. The number of urea groups is 1. The number of aromatic nitrogens is 5. The summed E-state index contributed by atoms with van der Waals surface area (Å²) in [7, 11) is 0. The zero-order chi connectivity index (χ0) is 16.2. The number of pyridine rings is 1. The van der Waals surface area contributed by atoms with Crippen LogP contribution in [-0.2, 0) is 6.42 Å². The Balaban J connectivity index is 1.66. The second-order valence-electron chi connectivity index (χ2n) is 4.74. The molecule has 0 aromatic carbocycles. The summed E-state index contributed by atoms with van der Waals surface area (Å²) in [5.41, 5.74) is 2.64. The van der Waals surface area contributed by atoms with Crippen LogP contribution in [-0.4, -0.2) is 31.4 Å². The van der Waals surface area contributed by atoms with Gasteiger partial charge in [0, 0.05) is 17.5 Å². The van der Waals surface area contributed by atoms with Crippen molar-refractivity contribution in [2.24, 2.45) is 0 Å². The molecule has 3 rings (SSSR count). The Morgan fingerprint density at radius 2 is 2.17 bits per heavy atom. The summed E-state index contributed by atoms with van der Waals surface area (Å²) in [6.07, 6.45) is 2.51. The Bertz CT molecular complexity index is 812. The number of amides is 2. The third-order valence-electron chi connectivity index (χ3n) is 3.23. The number of H-pyrrole nitrogens is 1. The number of nitrogens with one attached hydrogen (secondary N) is 3. The highest BCUT2D eigenvalue weighted by Crippen LogP contribution is 2.24. The van der Waals surface area contributed by atoms with Crippen LogP contribution in [0.2, 0.25) is 0 Å². The number of aromatic amines is 1. The van der Waals surface area contributed by atoms with Crippen LogP contribution in [0.15, 0.2) is 24.4 Å². The summed E-state index contributed by atoms with van der Waals surface area (Å²) in [4.78, 5) is 16.2. The van der Waals surface area contributed by atoms with Crippen molar-refractivity contribution >= 4 is 28.3 Å². The first-order valence-electron chi connectivity index (χ1n) is 7.04. The van der Waals surface area contributed by atoms with E-state index in [0.717, 1.165) is 17.7 Å². The molecule has 0 atom stereocenters. The zero-order valence-electron chi connectivity index (χ0n) is 12.6. The van der Waals surface area contributed by atoms with E-state index >= 15 is 0 Å². The lowest BCUT2D eigenvalue weighted by Gasteiger charge is -2.02. The fourth-order valence-corrected chi connectivity index (χ4v) is 2.72. The predicted octanol–water partition coefficient (Wildman–Crippen LogP) is 2.84. The van der Waals surface area contributed by atoms with Crippen LogP contribution in [0.3, 0.4) is 0 Å². The number of carbonyl (C=O) groups excluding carboxylic acids is 1. The van der Waals surface area contributed by atoms with E-state index in [1.54, 1.807) is 6.20 Å². The quantitative estimate of drug-likeness (QED) is 0.682. The Morgan fingerprint density at radius 1 is 1.30 bits per heavy atom. The second kappa shape index (κ2) is 6.53. The van der Waals surface area contributed by atoms with Crippen molar-refractivity contribution in [1.82, 2.24) is 25.4 Å². The van der Waals surface area contributed by atoms with E-state index in [1.807, 2.05) is 32.0 Å². The maximum absolute atomic E-state index is 12.0. The van der Waals surface area contributed by atoms with E-state index in [4.69, 9.17) is 0 Å². The molecule has 0 unspecified atom stereocenters. The number of hydrogen-bond acceptors (Lipinski definition) is 6. The normalized spacial score (nSPS) is 10.5. The summed E-state index contributed by atoms with van der Waals surface area (Å²) in [6.45, 7) is 3.92. The Morgan fingerprint density at radius 3 is 2.87 bits per heavy atom. The molecule has 3 N–H and O–H groups in total. The highest BCUT2D eigenvalue weighted by atomic mass is 32.1. The van der Waals surface area contributed by atoms with Gasteiger partial charge in [0.25, 0.3) is 0 Å². The van der Waals surface area contributed by atoms with Gasteiger partial charge in [-0.05, 0) is 25.5 Å². The summed E-state index contributed by atoms with van der Waals surface area (Å²) >= 11 is 1.25. The van der Waals surface area contributed by atoms with Gasteiger partial charge < -0.3 is 0 Å². The lowest BCUT2D eigenvalue weighted by Crippen LogP contribution is -2.20. The van der Waals surface area contributed by atoms with Crippen molar-refractivity contribution in [2.75, 3.05) is 10.6 Å². The standard InChI is InChI=1S/C14H15N7OS/c1-3-9-8(2)11(19-18-9)16-13(22)17-14-21-20-12(23-14)10-6-4-5-7-15-10/h4-7H,3H2,1-2H3,(H3,16,17,18,19,21,22).